The summed E-state index contributed by atoms with van der Waals surface area (Å²) in [7, 11) is 3.57. The Morgan fingerprint density at radius 2 is 1.85 bits per heavy atom. The highest BCUT2D eigenvalue weighted by Gasteiger charge is 2.27. The van der Waals surface area contributed by atoms with Crippen LogP contribution in [0.1, 0.15) is 50.0 Å². The molecule has 2 aliphatic rings. The molecule has 6 heteroatoms. The molecular formula is C21H33IN4O. The second-order valence-corrected chi connectivity index (χ2v) is 7.75. The summed E-state index contributed by atoms with van der Waals surface area (Å²) in [4.78, 5) is 20.7. The second-order valence-electron chi connectivity index (χ2n) is 7.75. The van der Waals surface area contributed by atoms with Crippen LogP contribution in [-0.4, -0.2) is 61.4 Å². The number of benzene rings is 1. The van der Waals surface area contributed by atoms with E-state index in [1.54, 1.807) is 19.0 Å². The van der Waals surface area contributed by atoms with E-state index in [9.17, 15) is 4.79 Å². The molecule has 0 radical (unpaired) electrons. The van der Waals surface area contributed by atoms with Crippen molar-refractivity contribution in [3.63, 3.8) is 0 Å². The molecule has 27 heavy (non-hydrogen) atoms. The van der Waals surface area contributed by atoms with E-state index in [1.165, 1.54) is 37.7 Å². The minimum atomic E-state index is 0. The Morgan fingerprint density at radius 3 is 2.52 bits per heavy atom. The molecule has 1 saturated heterocycles. The van der Waals surface area contributed by atoms with Crippen LogP contribution in [0.15, 0.2) is 35.3 Å². The summed E-state index contributed by atoms with van der Waals surface area (Å²) in [5, 5.41) is 3.67. The van der Waals surface area contributed by atoms with Crippen LogP contribution >= 0.6 is 24.0 Å². The Hall–Kier alpha value is -1.31. The van der Waals surface area contributed by atoms with Crippen LogP contribution < -0.4 is 5.32 Å². The maximum absolute atomic E-state index is 12.0. The first kappa shape index (κ1) is 22.0. The number of guanidine groups is 1. The van der Waals surface area contributed by atoms with Crippen LogP contribution in [0.4, 0.5) is 0 Å². The molecule has 0 aromatic heterocycles. The van der Waals surface area contributed by atoms with Gasteiger partial charge in [0.15, 0.2) is 5.96 Å². The van der Waals surface area contributed by atoms with Gasteiger partial charge >= 0.3 is 0 Å². The van der Waals surface area contributed by atoms with Gasteiger partial charge in [-0.2, -0.15) is 0 Å². The number of hydrogen-bond acceptors (Lipinski definition) is 2. The number of hydrogen-bond donors (Lipinski definition) is 1. The summed E-state index contributed by atoms with van der Waals surface area (Å²) in [6.45, 7) is 2.18. The van der Waals surface area contributed by atoms with Crippen LogP contribution in [0, 0.1) is 0 Å². The van der Waals surface area contributed by atoms with Crippen molar-refractivity contribution in [2.45, 2.75) is 50.5 Å². The number of likely N-dealkylation sites (N-methyl/N-ethyl adjacent to an activating group) is 1. The first-order valence-electron chi connectivity index (χ1n) is 9.94. The van der Waals surface area contributed by atoms with Crippen molar-refractivity contribution in [1.29, 1.82) is 0 Å². The number of rotatable bonds is 4. The third kappa shape index (κ3) is 6.36. The van der Waals surface area contributed by atoms with E-state index >= 15 is 0 Å². The highest BCUT2D eigenvalue weighted by atomic mass is 127. The van der Waals surface area contributed by atoms with E-state index in [2.05, 4.69) is 45.5 Å². The van der Waals surface area contributed by atoms with Gasteiger partial charge in [-0.25, -0.2) is 4.99 Å². The van der Waals surface area contributed by atoms with Crippen LogP contribution in [0.2, 0.25) is 0 Å². The van der Waals surface area contributed by atoms with E-state index in [0.29, 0.717) is 12.0 Å². The van der Waals surface area contributed by atoms with Gasteiger partial charge in [0, 0.05) is 39.1 Å². The zero-order valence-electron chi connectivity index (χ0n) is 16.6. The van der Waals surface area contributed by atoms with Gasteiger partial charge in [-0.15, -0.1) is 24.0 Å². The fourth-order valence-corrected chi connectivity index (χ4v) is 3.90. The Labute approximate surface area is 180 Å². The number of likely N-dealkylation sites (tertiary alicyclic amines) is 1. The molecule has 1 aromatic rings. The highest BCUT2D eigenvalue weighted by Crippen LogP contribution is 2.27. The lowest BCUT2D eigenvalue weighted by molar-refractivity contribution is -0.127. The number of nitrogens with zero attached hydrogens (tertiary/aromatic N) is 3. The average molecular weight is 484 g/mol. The fourth-order valence-electron chi connectivity index (χ4n) is 3.90. The summed E-state index contributed by atoms with van der Waals surface area (Å²) in [6.07, 6.45) is 7.45. The number of nitrogens with one attached hydrogen (secondary N) is 1. The zero-order chi connectivity index (χ0) is 18.4. The first-order chi connectivity index (χ1) is 12.6. The van der Waals surface area contributed by atoms with Gasteiger partial charge in [0.25, 0.3) is 0 Å². The minimum Gasteiger partial charge on any atom is -0.353 e. The van der Waals surface area contributed by atoms with E-state index < -0.39 is 0 Å². The second kappa shape index (κ2) is 10.9. The van der Waals surface area contributed by atoms with Crippen molar-refractivity contribution >= 4 is 35.8 Å². The van der Waals surface area contributed by atoms with Crippen molar-refractivity contribution < 1.29 is 4.79 Å². The van der Waals surface area contributed by atoms with Gasteiger partial charge in [-0.3, -0.25) is 4.79 Å². The zero-order valence-corrected chi connectivity index (χ0v) is 18.9. The smallest absolute Gasteiger partial charge is 0.243 e. The molecule has 2 fully saturated rings. The maximum atomic E-state index is 12.0. The number of halogens is 1. The Kier molecular flexibility index (Phi) is 8.86. The number of carbonyl (C=O) groups excluding carboxylic acids is 1. The summed E-state index contributed by atoms with van der Waals surface area (Å²) >= 11 is 0. The van der Waals surface area contributed by atoms with Crippen molar-refractivity contribution in [2.24, 2.45) is 4.99 Å². The van der Waals surface area contributed by atoms with Gasteiger partial charge < -0.3 is 15.1 Å². The minimum absolute atomic E-state index is 0. The van der Waals surface area contributed by atoms with Crippen molar-refractivity contribution in [3.8, 4) is 0 Å². The molecule has 1 aliphatic carbocycles. The summed E-state index contributed by atoms with van der Waals surface area (Å²) in [5.74, 6) is 1.51. The van der Waals surface area contributed by atoms with E-state index in [0.717, 1.165) is 25.5 Å². The largest absolute Gasteiger partial charge is 0.353 e. The van der Waals surface area contributed by atoms with Crippen molar-refractivity contribution in [1.82, 2.24) is 15.1 Å². The van der Waals surface area contributed by atoms with Crippen molar-refractivity contribution in [2.75, 3.05) is 33.7 Å². The molecule has 1 N–H and O–H groups in total. The monoisotopic (exact) mass is 484 g/mol. The van der Waals surface area contributed by atoms with Crippen LogP contribution in [0.5, 0.6) is 0 Å². The standard InChI is InChI=1S/C21H32N4O.HI/c1-24(2)20(26)15-22-21(23-19-11-7-4-8-12-19)25-14-13-18(16-25)17-9-5-3-6-10-17;/h3,5-6,9-10,18-19H,4,7-8,11-16H2,1-2H3,(H,22,23);1H. The molecule has 1 aliphatic heterocycles. The first-order valence-corrected chi connectivity index (χ1v) is 9.94. The molecular weight excluding hydrogens is 451 g/mol. The van der Waals surface area contributed by atoms with Gasteiger partial charge in [-0.1, -0.05) is 49.6 Å². The van der Waals surface area contributed by atoms with Gasteiger partial charge in [-0.05, 0) is 24.8 Å². The Bertz CT molecular complexity index is 614. The van der Waals surface area contributed by atoms with Crippen LogP contribution in [-0.2, 0) is 4.79 Å². The lowest BCUT2D eigenvalue weighted by atomic mass is 9.96. The Balaban J connectivity index is 0.00000261. The predicted molar refractivity (Wildman–Crippen MR) is 122 cm³/mol. The number of amides is 1. The van der Waals surface area contributed by atoms with Gasteiger partial charge in [0.2, 0.25) is 5.91 Å². The maximum Gasteiger partial charge on any atom is 0.243 e. The normalized spacial score (nSPS) is 20.9. The number of carbonyl (C=O) groups is 1. The summed E-state index contributed by atoms with van der Waals surface area (Å²) in [6, 6.07) is 11.2. The molecule has 150 valence electrons. The molecule has 1 amide bonds. The summed E-state index contributed by atoms with van der Waals surface area (Å²) in [5.41, 5.74) is 1.40. The molecule has 1 heterocycles. The molecule has 1 unspecified atom stereocenters. The SMILES string of the molecule is CN(C)C(=O)CN=C(NC1CCCCC1)N1CCC(c2ccccc2)C1.I. The predicted octanol–water partition coefficient (Wildman–Crippen LogP) is 3.46. The summed E-state index contributed by atoms with van der Waals surface area (Å²) < 4.78 is 0. The fraction of sp³-hybridized carbons (Fsp3) is 0.619. The van der Waals surface area contributed by atoms with Crippen LogP contribution in [0.3, 0.4) is 0 Å². The average Bonchev–Trinajstić information content (AvgIpc) is 3.16. The van der Waals surface area contributed by atoms with E-state index in [-0.39, 0.29) is 36.4 Å². The number of aliphatic imine (C=N–C) groups is 1. The molecule has 0 spiro atoms. The molecule has 1 saturated carbocycles. The van der Waals surface area contributed by atoms with E-state index in [1.807, 2.05) is 0 Å². The lowest BCUT2D eigenvalue weighted by Gasteiger charge is -2.29. The lowest BCUT2D eigenvalue weighted by Crippen LogP contribution is -2.46. The van der Waals surface area contributed by atoms with Crippen molar-refractivity contribution in [3.05, 3.63) is 35.9 Å². The molecule has 1 aromatic carbocycles. The molecule has 5 nitrogen and oxygen atoms in total. The Morgan fingerprint density at radius 1 is 1.15 bits per heavy atom. The van der Waals surface area contributed by atoms with Gasteiger partial charge in [0.05, 0.1) is 0 Å². The van der Waals surface area contributed by atoms with E-state index in [4.69, 9.17) is 0 Å². The third-order valence-corrected chi connectivity index (χ3v) is 5.56. The molecule has 1 atom stereocenters. The van der Waals surface area contributed by atoms with Crippen LogP contribution in [0.25, 0.3) is 0 Å². The third-order valence-electron chi connectivity index (χ3n) is 5.56. The van der Waals surface area contributed by atoms with Gasteiger partial charge in [0.1, 0.15) is 6.54 Å². The molecule has 3 rings (SSSR count). The topological polar surface area (TPSA) is 47.9 Å². The quantitative estimate of drug-likeness (QED) is 0.405. The molecule has 0 bridgehead atoms. The highest BCUT2D eigenvalue weighted by molar-refractivity contribution is 14.0.